The molecule has 2 aromatic carbocycles. The zero-order chi connectivity index (χ0) is 13.8. The number of rotatable bonds is 4. The fourth-order valence-electron chi connectivity index (χ4n) is 1.85. The van der Waals surface area contributed by atoms with Gasteiger partial charge in [0, 0.05) is 11.3 Å². The summed E-state index contributed by atoms with van der Waals surface area (Å²) in [5.41, 5.74) is 7.97. The number of anilines is 1. The van der Waals surface area contributed by atoms with E-state index in [9.17, 15) is 4.39 Å². The van der Waals surface area contributed by atoms with Crippen LogP contribution in [0.4, 0.5) is 10.1 Å². The van der Waals surface area contributed by atoms with E-state index in [4.69, 9.17) is 15.2 Å². The van der Waals surface area contributed by atoms with Crippen LogP contribution in [-0.4, -0.2) is 7.11 Å². The molecule has 0 saturated heterocycles. The van der Waals surface area contributed by atoms with Crippen LogP contribution >= 0.6 is 0 Å². The van der Waals surface area contributed by atoms with Crippen molar-refractivity contribution in [2.75, 3.05) is 12.8 Å². The van der Waals surface area contributed by atoms with Gasteiger partial charge < -0.3 is 15.2 Å². The van der Waals surface area contributed by atoms with Crippen molar-refractivity contribution in [2.45, 2.75) is 13.5 Å². The quantitative estimate of drug-likeness (QED) is 0.859. The summed E-state index contributed by atoms with van der Waals surface area (Å²) in [7, 11) is 1.55. The largest absolute Gasteiger partial charge is 0.496 e. The minimum absolute atomic E-state index is 0.242. The molecule has 0 aliphatic carbocycles. The topological polar surface area (TPSA) is 44.5 Å². The molecule has 100 valence electrons. The average Bonchev–Trinajstić information content (AvgIpc) is 2.38. The fourth-order valence-corrected chi connectivity index (χ4v) is 1.85. The summed E-state index contributed by atoms with van der Waals surface area (Å²) in [6, 6.07) is 9.76. The standard InChI is InChI=1S/C15H16FNO2/c1-10-7-13(17)4-6-14(10)19-9-11-8-12(16)3-5-15(11)18-2/h3-8H,9,17H2,1-2H3. The molecule has 0 aromatic heterocycles. The van der Waals surface area contributed by atoms with Crippen molar-refractivity contribution in [3.8, 4) is 11.5 Å². The summed E-state index contributed by atoms with van der Waals surface area (Å²) in [6.07, 6.45) is 0. The molecule has 0 aliphatic heterocycles. The lowest BCUT2D eigenvalue weighted by molar-refractivity contribution is 0.294. The number of methoxy groups -OCH3 is 1. The number of hydrogen-bond donors (Lipinski definition) is 1. The van der Waals surface area contributed by atoms with Gasteiger partial charge in [0.05, 0.1) is 7.11 Å². The molecule has 0 bridgehead atoms. The number of aryl methyl sites for hydroxylation is 1. The molecule has 0 fully saturated rings. The molecule has 19 heavy (non-hydrogen) atoms. The average molecular weight is 261 g/mol. The van der Waals surface area contributed by atoms with E-state index in [1.165, 1.54) is 12.1 Å². The van der Waals surface area contributed by atoms with Gasteiger partial charge in [-0.1, -0.05) is 0 Å². The highest BCUT2D eigenvalue weighted by molar-refractivity contribution is 5.47. The normalized spacial score (nSPS) is 10.3. The van der Waals surface area contributed by atoms with Gasteiger partial charge in [0.15, 0.2) is 0 Å². The summed E-state index contributed by atoms with van der Waals surface area (Å²) in [4.78, 5) is 0. The molecule has 2 aromatic rings. The van der Waals surface area contributed by atoms with Gasteiger partial charge in [-0.2, -0.15) is 0 Å². The van der Waals surface area contributed by atoms with Gasteiger partial charge >= 0.3 is 0 Å². The Labute approximate surface area is 111 Å². The molecule has 0 saturated carbocycles. The molecule has 2 rings (SSSR count). The molecule has 0 amide bonds. The SMILES string of the molecule is COc1ccc(F)cc1COc1ccc(N)cc1C. The Morgan fingerprint density at radius 3 is 2.53 bits per heavy atom. The van der Waals surface area contributed by atoms with Crippen LogP contribution in [0.25, 0.3) is 0 Å². The predicted molar refractivity (Wildman–Crippen MR) is 72.9 cm³/mol. The highest BCUT2D eigenvalue weighted by Gasteiger charge is 2.07. The molecule has 2 N–H and O–H groups in total. The summed E-state index contributed by atoms with van der Waals surface area (Å²) in [5, 5.41) is 0. The van der Waals surface area contributed by atoms with Crippen LogP contribution in [-0.2, 0) is 6.61 Å². The van der Waals surface area contributed by atoms with Crippen LogP contribution < -0.4 is 15.2 Å². The van der Waals surface area contributed by atoms with E-state index in [2.05, 4.69) is 0 Å². The molecule has 4 heteroatoms. The van der Waals surface area contributed by atoms with E-state index in [0.717, 1.165) is 11.3 Å². The van der Waals surface area contributed by atoms with Crippen LogP contribution in [0.2, 0.25) is 0 Å². The van der Waals surface area contributed by atoms with Crippen LogP contribution in [0.3, 0.4) is 0 Å². The zero-order valence-electron chi connectivity index (χ0n) is 10.9. The third-order valence-corrected chi connectivity index (χ3v) is 2.82. The summed E-state index contributed by atoms with van der Waals surface area (Å²) in [6.45, 7) is 2.15. The maximum absolute atomic E-state index is 13.2. The van der Waals surface area contributed by atoms with Gasteiger partial charge in [-0.3, -0.25) is 0 Å². The van der Waals surface area contributed by atoms with Gasteiger partial charge in [0.25, 0.3) is 0 Å². The highest BCUT2D eigenvalue weighted by atomic mass is 19.1. The Morgan fingerprint density at radius 2 is 1.84 bits per heavy atom. The van der Waals surface area contributed by atoms with E-state index in [1.54, 1.807) is 25.3 Å². The van der Waals surface area contributed by atoms with Crippen molar-refractivity contribution in [3.05, 3.63) is 53.3 Å². The maximum atomic E-state index is 13.2. The molecule has 0 aliphatic rings. The number of halogens is 1. The molecule has 0 radical (unpaired) electrons. The Hall–Kier alpha value is -2.23. The monoisotopic (exact) mass is 261 g/mol. The van der Waals surface area contributed by atoms with Gasteiger partial charge in [-0.25, -0.2) is 4.39 Å². The second-order valence-electron chi connectivity index (χ2n) is 4.27. The number of nitrogen functional groups attached to an aromatic ring is 1. The van der Waals surface area contributed by atoms with Gasteiger partial charge in [0.2, 0.25) is 0 Å². The smallest absolute Gasteiger partial charge is 0.125 e. The third kappa shape index (κ3) is 3.16. The highest BCUT2D eigenvalue weighted by Crippen LogP contribution is 2.24. The Bertz CT molecular complexity index is 584. The second-order valence-corrected chi connectivity index (χ2v) is 4.27. The van der Waals surface area contributed by atoms with E-state index in [1.807, 2.05) is 13.0 Å². The lowest BCUT2D eigenvalue weighted by atomic mass is 10.2. The first-order valence-corrected chi connectivity index (χ1v) is 5.91. The van der Waals surface area contributed by atoms with Crippen molar-refractivity contribution in [1.82, 2.24) is 0 Å². The molecule has 0 heterocycles. The first-order chi connectivity index (χ1) is 9.10. The number of benzene rings is 2. The number of nitrogens with two attached hydrogens (primary N) is 1. The third-order valence-electron chi connectivity index (χ3n) is 2.82. The van der Waals surface area contributed by atoms with E-state index in [-0.39, 0.29) is 12.4 Å². The molecular formula is C15H16FNO2. The maximum Gasteiger partial charge on any atom is 0.125 e. The van der Waals surface area contributed by atoms with Crippen LogP contribution in [0.5, 0.6) is 11.5 Å². The number of hydrogen-bond acceptors (Lipinski definition) is 3. The minimum Gasteiger partial charge on any atom is -0.496 e. The predicted octanol–water partition coefficient (Wildman–Crippen LogP) is 3.30. The van der Waals surface area contributed by atoms with E-state index >= 15 is 0 Å². The summed E-state index contributed by atoms with van der Waals surface area (Å²) >= 11 is 0. The van der Waals surface area contributed by atoms with E-state index in [0.29, 0.717) is 17.0 Å². The fraction of sp³-hybridized carbons (Fsp3) is 0.200. The minimum atomic E-state index is -0.312. The first kappa shape index (κ1) is 13.2. The summed E-state index contributed by atoms with van der Waals surface area (Å²) < 4.78 is 24.1. The number of ether oxygens (including phenoxy) is 2. The van der Waals surface area contributed by atoms with Crippen molar-refractivity contribution in [3.63, 3.8) is 0 Å². The van der Waals surface area contributed by atoms with Crippen molar-refractivity contribution < 1.29 is 13.9 Å². The lowest BCUT2D eigenvalue weighted by Crippen LogP contribution is -2.01. The van der Waals surface area contributed by atoms with Crippen LogP contribution in [0, 0.1) is 12.7 Å². The molecule has 0 spiro atoms. The van der Waals surface area contributed by atoms with Crippen molar-refractivity contribution >= 4 is 5.69 Å². The first-order valence-electron chi connectivity index (χ1n) is 5.91. The van der Waals surface area contributed by atoms with Gasteiger partial charge in [-0.15, -0.1) is 0 Å². The van der Waals surface area contributed by atoms with Gasteiger partial charge in [-0.05, 0) is 48.9 Å². The Balaban J connectivity index is 2.16. The Morgan fingerprint density at radius 1 is 1.11 bits per heavy atom. The molecule has 3 nitrogen and oxygen atoms in total. The zero-order valence-corrected chi connectivity index (χ0v) is 10.9. The molecular weight excluding hydrogens is 245 g/mol. The van der Waals surface area contributed by atoms with Gasteiger partial charge in [0.1, 0.15) is 23.9 Å². The van der Waals surface area contributed by atoms with Crippen LogP contribution in [0.1, 0.15) is 11.1 Å². The van der Waals surface area contributed by atoms with Crippen molar-refractivity contribution in [2.24, 2.45) is 0 Å². The Kier molecular flexibility index (Phi) is 3.90. The summed E-state index contributed by atoms with van der Waals surface area (Å²) in [5.74, 6) is 1.02. The second kappa shape index (κ2) is 5.61. The van der Waals surface area contributed by atoms with E-state index < -0.39 is 0 Å². The van der Waals surface area contributed by atoms with Crippen molar-refractivity contribution in [1.29, 1.82) is 0 Å². The molecule has 0 unspecified atom stereocenters. The lowest BCUT2D eigenvalue weighted by Gasteiger charge is -2.12. The molecule has 0 atom stereocenters. The van der Waals surface area contributed by atoms with Crippen LogP contribution in [0.15, 0.2) is 36.4 Å².